The molecule has 0 aliphatic rings. The highest BCUT2D eigenvalue weighted by molar-refractivity contribution is 7.71. The van der Waals surface area contributed by atoms with Crippen LogP contribution in [0.1, 0.15) is 6.42 Å². The standard InChI is InChI=1S/C10H9NO3S/c12-9(13)5-6-11-7-3-1-2-4-8(7)14-10(11)15/h1-4H,5-6H2,(H,12,13)/p-1. The largest absolute Gasteiger partial charge is 0.550 e. The van der Waals surface area contributed by atoms with Gasteiger partial charge in [0.05, 0.1) is 5.52 Å². The quantitative estimate of drug-likeness (QED) is 0.730. The second-order valence-electron chi connectivity index (χ2n) is 3.11. The van der Waals surface area contributed by atoms with Gasteiger partial charge in [-0.05, 0) is 24.4 Å². The molecular weight excluding hydrogens is 214 g/mol. The van der Waals surface area contributed by atoms with E-state index >= 15 is 0 Å². The van der Waals surface area contributed by atoms with Crippen LogP contribution < -0.4 is 5.11 Å². The van der Waals surface area contributed by atoms with Crippen LogP contribution in [-0.4, -0.2) is 10.5 Å². The summed E-state index contributed by atoms with van der Waals surface area (Å²) >= 11 is 4.99. The van der Waals surface area contributed by atoms with Crippen LogP contribution in [0.25, 0.3) is 11.1 Å². The molecule has 0 spiro atoms. The molecule has 2 aromatic rings. The average Bonchev–Trinajstić information content (AvgIpc) is 2.50. The molecule has 0 fully saturated rings. The lowest BCUT2D eigenvalue weighted by Gasteiger charge is -2.03. The maximum atomic E-state index is 10.4. The monoisotopic (exact) mass is 222 g/mol. The summed E-state index contributed by atoms with van der Waals surface area (Å²) in [4.78, 5) is 10.6. The molecule has 0 aliphatic heterocycles. The third-order valence-electron chi connectivity index (χ3n) is 2.11. The number of rotatable bonds is 3. The Balaban J connectivity index is 2.45. The Morgan fingerprint density at radius 1 is 1.47 bits per heavy atom. The SMILES string of the molecule is O=C([O-])CCn1c(=S)oc2ccccc21. The average molecular weight is 222 g/mol. The number of carboxylic acids is 1. The predicted molar refractivity (Wildman–Crippen MR) is 54.7 cm³/mol. The van der Waals surface area contributed by atoms with Crippen molar-refractivity contribution in [2.75, 3.05) is 0 Å². The number of hydrogen-bond acceptors (Lipinski definition) is 4. The predicted octanol–water partition coefficient (Wildman–Crippen LogP) is 1.10. The number of carbonyl (C=O) groups is 1. The van der Waals surface area contributed by atoms with Crippen molar-refractivity contribution in [3.8, 4) is 0 Å². The number of carbonyl (C=O) groups excluding carboxylic acids is 1. The van der Waals surface area contributed by atoms with Crippen molar-refractivity contribution in [2.45, 2.75) is 13.0 Å². The Morgan fingerprint density at radius 3 is 2.93 bits per heavy atom. The second kappa shape index (κ2) is 3.86. The molecule has 0 radical (unpaired) electrons. The molecule has 0 N–H and O–H groups in total. The summed E-state index contributed by atoms with van der Waals surface area (Å²) in [6.45, 7) is 0.276. The first kappa shape index (κ1) is 9.92. The van der Waals surface area contributed by atoms with E-state index in [1.54, 1.807) is 10.6 Å². The Bertz CT molecular complexity index is 555. The highest BCUT2D eigenvalue weighted by atomic mass is 32.1. The van der Waals surface area contributed by atoms with Gasteiger partial charge in [-0.2, -0.15) is 0 Å². The van der Waals surface area contributed by atoms with Gasteiger partial charge in [0.1, 0.15) is 0 Å². The molecule has 0 aliphatic carbocycles. The minimum Gasteiger partial charge on any atom is -0.550 e. The molecular formula is C10H8NO3S-. The topological polar surface area (TPSA) is 58.2 Å². The lowest BCUT2D eigenvalue weighted by atomic mass is 10.3. The lowest BCUT2D eigenvalue weighted by molar-refractivity contribution is -0.305. The molecule has 0 amide bonds. The van der Waals surface area contributed by atoms with Gasteiger partial charge in [0, 0.05) is 18.9 Å². The number of carboxylic acid groups (broad SMARTS) is 1. The van der Waals surface area contributed by atoms with Gasteiger partial charge in [0.15, 0.2) is 5.58 Å². The Morgan fingerprint density at radius 2 is 2.20 bits per heavy atom. The molecule has 1 aromatic heterocycles. The van der Waals surface area contributed by atoms with Gasteiger partial charge in [-0.3, -0.25) is 4.57 Å². The van der Waals surface area contributed by atoms with Gasteiger partial charge in [0.25, 0.3) is 4.84 Å². The van der Waals surface area contributed by atoms with Crippen molar-refractivity contribution in [2.24, 2.45) is 0 Å². The van der Waals surface area contributed by atoms with Crippen LogP contribution in [0.4, 0.5) is 0 Å². The first-order chi connectivity index (χ1) is 7.18. The van der Waals surface area contributed by atoms with Crippen LogP contribution >= 0.6 is 12.2 Å². The van der Waals surface area contributed by atoms with Crippen LogP contribution in [0.5, 0.6) is 0 Å². The van der Waals surface area contributed by atoms with Crippen LogP contribution in [0, 0.1) is 4.84 Å². The normalized spacial score (nSPS) is 10.7. The molecule has 5 heteroatoms. The number of oxazole rings is 1. The number of aryl methyl sites for hydroxylation is 1. The molecule has 0 saturated heterocycles. The fraction of sp³-hybridized carbons (Fsp3) is 0.200. The van der Waals surface area contributed by atoms with E-state index in [0.717, 1.165) is 5.52 Å². The first-order valence-corrected chi connectivity index (χ1v) is 4.87. The zero-order valence-corrected chi connectivity index (χ0v) is 8.62. The summed E-state index contributed by atoms with van der Waals surface area (Å²) in [6.07, 6.45) is -0.0716. The second-order valence-corrected chi connectivity index (χ2v) is 3.46. The number of fused-ring (bicyclic) bond motifs is 1. The van der Waals surface area contributed by atoms with Gasteiger partial charge in [0.2, 0.25) is 0 Å². The highest BCUT2D eigenvalue weighted by Gasteiger charge is 2.04. The summed E-state index contributed by atoms with van der Waals surface area (Å²) in [7, 11) is 0. The van der Waals surface area contributed by atoms with Gasteiger partial charge in [-0.15, -0.1) is 0 Å². The lowest BCUT2D eigenvalue weighted by Crippen LogP contribution is -2.23. The summed E-state index contributed by atoms with van der Waals surface area (Å²) in [5, 5.41) is 10.4. The van der Waals surface area contributed by atoms with Crippen LogP contribution in [0.15, 0.2) is 28.7 Å². The molecule has 1 aromatic carbocycles. The zero-order valence-electron chi connectivity index (χ0n) is 7.80. The number of nitrogens with zero attached hydrogens (tertiary/aromatic N) is 1. The Kier molecular flexibility index (Phi) is 2.55. The third-order valence-corrected chi connectivity index (χ3v) is 2.42. The van der Waals surface area contributed by atoms with Crippen molar-refractivity contribution in [3.05, 3.63) is 29.1 Å². The van der Waals surface area contributed by atoms with Gasteiger partial charge < -0.3 is 14.3 Å². The Labute approximate surface area is 90.7 Å². The maximum absolute atomic E-state index is 10.4. The molecule has 0 atom stereocenters. The third kappa shape index (κ3) is 1.92. The molecule has 2 rings (SSSR count). The van der Waals surface area contributed by atoms with Crippen molar-refractivity contribution < 1.29 is 14.3 Å². The molecule has 4 nitrogen and oxygen atoms in total. The van der Waals surface area contributed by atoms with Gasteiger partial charge in [-0.1, -0.05) is 12.1 Å². The molecule has 78 valence electrons. The fourth-order valence-electron chi connectivity index (χ4n) is 1.43. The van der Waals surface area contributed by atoms with E-state index in [9.17, 15) is 9.90 Å². The number of aromatic nitrogens is 1. The summed E-state index contributed by atoms with van der Waals surface area (Å²) in [5.74, 6) is -1.10. The van der Waals surface area contributed by atoms with E-state index in [2.05, 4.69) is 0 Å². The van der Waals surface area contributed by atoms with Gasteiger partial charge >= 0.3 is 0 Å². The minimum atomic E-state index is -1.10. The summed E-state index contributed by atoms with van der Waals surface area (Å²) < 4.78 is 6.95. The van der Waals surface area contributed by atoms with Crippen molar-refractivity contribution >= 4 is 29.3 Å². The van der Waals surface area contributed by atoms with E-state index in [1.807, 2.05) is 18.2 Å². The van der Waals surface area contributed by atoms with Crippen LogP contribution in [0.3, 0.4) is 0 Å². The smallest absolute Gasteiger partial charge is 0.269 e. The van der Waals surface area contributed by atoms with E-state index in [0.29, 0.717) is 5.58 Å². The maximum Gasteiger partial charge on any atom is 0.269 e. The van der Waals surface area contributed by atoms with Crippen molar-refractivity contribution in [3.63, 3.8) is 0 Å². The van der Waals surface area contributed by atoms with E-state index in [1.165, 1.54) is 0 Å². The van der Waals surface area contributed by atoms with Gasteiger partial charge in [-0.25, -0.2) is 0 Å². The van der Waals surface area contributed by atoms with Crippen molar-refractivity contribution in [1.29, 1.82) is 0 Å². The number of para-hydroxylation sites is 2. The summed E-state index contributed by atoms with van der Waals surface area (Å²) in [6, 6.07) is 7.32. The number of aliphatic carboxylic acids is 1. The van der Waals surface area contributed by atoms with E-state index in [-0.39, 0.29) is 17.8 Å². The molecule has 0 saturated carbocycles. The van der Waals surface area contributed by atoms with E-state index in [4.69, 9.17) is 16.6 Å². The summed E-state index contributed by atoms with van der Waals surface area (Å²) in [5.41, 5.74) is 1.48. The van der Waals surface area contributed by atoms with Crippen LogP contribution in [-0.2, 0) is 11.3 Å². The number of benzene rings is 1. The first-order valence-electron chi connectivity index (χ1n) is 4.46. The highest BCUT2D eigenvalue weighted by Crippen LogP contribution is 2.16. The minimum absolute atomic E-state index is 0.0716. The Hall–Kier alpha value is -1.62. The molecule has 0 unspecified atom stereocenters. The zero-order chi connectivity index (χ0) is 10.8. The molecule has 0 bridgehead atoms. The van der Waals surface area contributed by atoms with E-state index < -0.39 is 5.97 Å². The molecule has 1 heterocycles. The molecule has 15 heavy (non-hydrogen) atoms. The fourth-order valence-corrected chi connectivity index (χ4v) is 1.71. The number of hydrogen-bond donors (Lipinski definition) is 0. The van der Waals surface area contributed by atoms with Crippen LogP contribution in [0.2, 0.25) is 0 Å². The van der Waals surface area contributed by atoms with Crippen molar-refractivity contribution in [1.82, 2.24) is 4.57 Å².